The van der Waals surface area contributed by atoms with Gasteiger partial charge < -0.3 is 5.73 Å². The van der Waals surface area contributed by atoms with Crippen molar-refractivity contribution in [2.75, 3.05) is 0 Å². The fourth-order valence-electron chi connectivity index (χ4n) is 1.58. The van der Waals surface area contributed by atoms with Gasteiger partial charge in [0.1, 0.15) is 5.82 Å². The molecule has 0 saturated carbocycles. The molecule has 1 nitrogen and oxygen atoms in total. The molecule has 0 fully saturated rings. The van der Waals surface area contributed by atoms with Crippen molar-refractivity contribution >= 4 is 23.4 Å². The number of halogens is 2. The maximum atomic E-state index is 13.6. The zero-order valence-electron chi connectivity index (χ0n) is 9.70. The van der Waals surface area contributed by atoms with Crippen LogP contribution in [0, 0.1) is 5.82 Å². The molecule has 0 heterocycles. The van der Waals surface area contributed by atoms with E-state index in [0.717, 1.165) is 10.5 Å². The van der Waals surface area contributed by atoms with E-state index in [1.807, 2.05) is 30.3 Å². The lowest BCUT2D eigenvalue weighted by atomic mass is 10.1. The van der Waals surface area contributed by atoms with E-state index in [1.165, 1.54) is 6.07 Å². The summed E-state index contributed by atoms with van der Waals surface area (Å²) in [6.07, 6.45) is 0. The molecule has 0 aliphatic rings. The first-order chi connectivity index (χ1) is 8.69. The summed E-state index contributed by atoms with van der Waals surface area (Å²) in [6, 6.07) is 12.5. The topological polar surface area (TPSA) is 26.0 Å². The van der Waals surface area contributed by atoms with E-state index in [4.69, 9.17) is 17.3 Å². The largest absolute Gasteiger partial charge is 0.326 e. The zero-order valence-corrected chi connectivity index (χ0v) is 11.3. The molecular weight excluding hydrogens is 269 g/mol. The molecule has 2 N–H and O–H groups in total. The lowest BCUT2D eigenvalue weighted by Crippen LogP contribution is -1.98. The second-order valence-electron chi connectivity index (χ2n) is 3.88. The highest BCUT2D eigenvalue weighted by molar-refractivity contribution is 7.98. The van der Waals surface area contributed by atoms with Crippen LogP contribution in [0.15, 0.2) is 47.4 Å². The molecular formula is C14H13ClFNS. The molecule has 0 radical (unpaired) electrons. The highest BCUT2D eigenvalue weighted by atomic mass is 35.5. The molecule has 0 bridgehead atoms. The lowest BCUT2D eigenvalue weighted by Gasteiger charge is -2.06. The predicted molar refractivity (Wildman–Crippen MR) is 75.3 cm³/mol. The number of hydrogen-bond acceptors (Lipinski definition) is 2. The van der Waals surface area contributed by atoms with Gasteiger partial charge in [-0.15, -0.1) is 11.8 Å². The Bertz CT molecular complexity index is 545. The highest BCUT2D eigenvalue weighted by Gasteiger charge is 2.04. The fourth-order valence-corrected chi connectivity index (χ4v) is 2.77. The van der Waals surface area contributed by atoms with Crippen LogP contribution in [0.2, 0.25) is 5.02 Å². The van der Waals surface area contributed by atoms with Crippen LogP contribution in [0.3, 0.4) is 0 Å². The van der Waals surface area contributed by atoms with Gasteiger partial charge in [0.05, 0.1) is 0 Å². The third-order valence-corrected chi connectivity index (χ3v) is 3.81. The van der Waals surface area contributed by atoms with Crippen molar-refractivity contribution in [3.8, 4) is 0 Å². The maximum Gasteiger partial charge on any atom is 0.127 e. The molecule has 2 rings (SSSR count). The minimum Gasteiger partial charge on any atom is -0.326 e. The third-order valence-electron chi connectivity index (χ3n) is 2.54. The molecule has 0 spiro atoms. The van der Waals surface area contributed by atoms with Crippen molar-refractivity contribution in [1.82, 2.24) is 0 Å². The predicted octanol–water partition coefficient (Wildman–Crippen LogP) is 4.23. The van der Waals surface area contributed by atoms with Crippen molar-refractivity contribution in [2.24, 2.45) is 5.73 Å². The Morgan fingerprint density at radius 3 is 2.72 bits per heavy atom. The molecule has 0 amide bonds. The zero-order chi connectivity index (χ0) is 13.0. The van der Waals surface area contributed by atoms with Crippen LogP contribution >= 0.6 is 23.4 Å². The molecule has 0 unspecified atom stereocenters. The highest BCUT2D eigenvalue weighted by Crippen LogP contribution is 2.26. The van der Waals surface area contributed by atoms with E-state index in [1.54, 1.807) is 17.8 Å². The van der Waals surface area contributed by atoms with Gasteiger partial charge >= 0.3 is 0 Å². The Hall–Kier alpha value is -1.03. The van der Waals surface area contributed by atoms with Crippen LogP contribution in [0.4, 0.5) is 4.39 Å². The average Bonchev–Trinajstić information content (AvgIpc) is 2.38. The van der Waals surface area contributed by atoms with E-state index in [2.05, 4.69) is 0 Å². The maximum absolute atomic E-state index is 13.6. The van der Waals surface area contributed by atoms with Gasteiger partial charge in [0.2, 0.25) is 0 Å². The van der Waals surface area contributed by atoms with Crippen LogP contribution in [-0.4, -0.2) is 0 Å². The van der Waals surface area contributed by atoms with E-state index in [0.29, 0.717) is 22.9 Å². The summed E-state index contributed by atoms with van der Waals surface area (Å²) >= 11 is 7.46. The average molecular weight is 282 g/mol. The minimum absolute atomic E-state index is 0.193. The normalized spacial score (nSPS) is 10.6. The first kappa shape index (κ1) is 13.4. The molecule has 0 saturated heterocycles. The number of benzene rings is 2. The summed E-state index contributed by atoms with van der Waals surface area (Å²) in [7, 11) is 0. The summed E-state index contributed by atoms with van der Waals surface area (Å²) in [6.45, 7) is 0.426. The van der Waals surface area contributed by atoms with Gasteiger partial charge in [-0.05, 0) is 35.4 Å². The molecule has 2 aromatic carbocycles. The van der Waals surface area contributed by atoms with Gasteiger partial charge in [0, 0.05) is 22.2 Å². The van der Waals surface area contributed by atoms with Gasteiger partial charge in [-0.1, -0.05) is 29.8 Å². The Labute approximate surface area is 115 Å². The van der Waals surface area contributed by atoms with E-state index in [9.17, 15) is 4.39 Å². The number of nitrogens with two attached hydrogens (primary N) is 1. The molecule has 0 atom stereocenters. The van der Waals surface area contributed by atoms with Crippen LogP contribution < -0.4 is 5.73 Å². The summed E-state index contributed by atoms with van der Waals surface area (Å²) in [5.41, 5.74) is 7.16. The van der Waals surface area contributed by atoms with Gasteiger partial charge in [-0.2, -0.15) is 0 Å². The second-order valence-corrected chi connectivity index (χ2v) is 5.36. The quantitative estimate of drug-likeness (QED) is 0.849. The molecule has 0 aliphatic heterocycles. The minimum atomic E-state index is -0.193. The second kappa shape index (κ2) is 6.23. The number of hydrogen-bond donors (Lipinski definition) is 1. The molecule has 94 valence electrons. The molecule has 2 aromatic rings. The first-order valence-electron chi connectivity index (χ1n) is 5.55. The van der Waals surface area contributed by atoms with Crippen LogP contribution in [0.25, 0.3) is 0 Å². The molecule has 0 aliphatic carbocycles. The number of rotatable bonds is 4. The van der Waals surface area contributed by atoms with Crippen molar-refractivity contribution in [3.05, 3.63) is 64.4 Å². The van der Waals surface area contributed by atoms with Gasteiger partial charge in [-0.3, -0.25) is 0 Å². The Kier molecular flexibility index (Phi) is 4.64. The van der Waals surface area contributed by atoms with Crippen LogP contribution in [0.1, 0.15) is 11.1 Å². The third kappa shape index (κ3) is 3.48. The summed E-state index contributed by atoms with van der Waals surface area (Å²) in [5.74, 6) is 0.377. The van der Waals surface area contributed by atoms with Crippen LogP contribution in [-0.2, 0) is 12.3 Å². The van der Waals surface area contributed by atoms with Crippen molar-refractivity contribution in [3.63, 3.8) is 0 Å². The molecule has 4 heteroatoms. The molecule has 0 aromatic heterocycles. The van der Waals surface area contributed by atoms with E-state index < -0.39 is 0 Å². The Morgan fingerprint density at radius 1 is 1.17 bits per heavy atom. The van der Waals surface area contributed by atoms with Gasteiger partial charge in [0.15, 0.2) is 0 Å². The smallest absolute Gasteiger partial charge is 0.127 e. The fraction of sp³-hybridized carbons (Fsp3) is 0.143. The molecule has 18 heavy (non-hydrogen) atoms. The Morgan fingerprint density at radius 2 is 2.00 bits per heavy atom. The Balaban J connectivity index is 2.10. The summed E-state index contributed by atoms with van der Waals surface area (Å²) in [5, 5.41) is 0.691. The van der Waals surface area contributed by atoms with Crippen molar-refractivity contribution in [1.29, 1.82) is 0 Å². The summed E-state index contributed by atoms with van der Waals surface area (Å²) < 4.78 is 13.6. The SMILES string of the molecule is NCc1ccc(F)c(CSc2cccc(Cl)c2)c1. The number of thioether (sulfide) groups is 1. The van der Waals surface area contributed by atoms with E-state index in [-0.39, 0.29) is 5.82 Å². The van der Waals surface area contributed by atoms with Gasteiger partial charge in [0.25, 0.3) is 0 Å². The van der Waals surface area contributed by atoms with Gasteiger partial charge in [-0.25, -0.2) is 4.39 Å². The monoisotopic (exact) mass is 281 g/mol. The van der Waals surface area contributed by atoms with E-state index >= 15 is 0 Å². The lowest BCUT2D eigenvalue weighted by molar-refractivity contribution is 0.616. The standard InChI is InChI=1S/C14H13ClFNS/c15-12-2-1-3-13(7-12)18-9-11-6-10(8-17)4-5-14(11)16/h1-7H,8-9,17H2. The van der Waals surface area contributed by atoms with Crippen molar-refractivity contribution in [2.45, 2.75) is 17.2 Å². The van der Waals surface area contributed by atoms with Crippen molar-refractivity contribution < 1.29 is 4.39 Å². The summed E-state index contributed by atoms with van der Waals surface area (Å²) in [4.78, 5) is 1.03. The van der Waals surface area contributed by atoms with Crippen LogP contribution in [0.5, 0.6) is 0 Å². The first-order valence-corrected chi connectivity index (χ1v) is 6.91.